The molecule has 0 aromatic carbocycles. The third-order valence-electron chi connectivity index (χ3n) is 0.383. The van der Waals surface area contributed by atoms with Gasteiger partial charge in [-0.15, -0.1) is 0 Å². The molecule has 70 valence electrons. The van der Waals surface area contributed by atoms with Crippen LogP contribution < -0.4 is 35.3 Å². The molecule has 0 bridgehead atoms. The first-order valence-electron chi connectivity index (χ1n) is 2.26. The Morgan fingerprint density at radius 1 is 1.33 bits per heavy atom. The molecule has 0 heterocycles. The van der Waals surface area contributed by atoms with Crippen molar-refractivity contribution in [3.05, 3.63) is 0 Å². The van der Waals surface area contributed by atoms with E-state index in [4.69, 9.17) is 4.79 Å². The van der Waals surface area contributed by atoms with E-state index >= 15 is 0 Å². The number of hydrogen-bond donors (Lipinski definition) is 3. The van der Waals surface area contributed by atoms with Gasteiger partial charge in [-0.1, -0.05) is 25.3 Å². The van der Waals surface area contributed by atoms with Gasteiger partial charge in [0.15, 0.2) is 0 Å². The second-order valence-electron chi connectivity index (χ2n) is 1.52. The van der Waals surface area contributed by atoms with Crippen molar-refractivity contribution in [1.29, 1.82) is 0 Å². The molecule has 0 aliphatic carbocycles. The minimum absolute atomic E-state index is 0. The van der Waals surface area contributed by atoms with Crippen LogP contribution in [-0.2, 0) is 0 Å². The Kier molecular flexibility index (Phi) is 27.0. The minimum atomic E-state index is -0.639. The molecule has 0 fully saturated rings. The molecule has 4 N–H and O–H groups in total. The summed E-state index contributed by atoms with van der Waals surface area (Å²) in [4.78, 5) is 20.4. The van der Waals surface area contributed by atoms with Crippen LogP contribution in [0.4, 0.5) is 9.59 Å². The predicted octanol–water partition coefficient (Wildman–Crippen LogP) is -3.12. The van der Waals surface area contributed by atoms with Crippen molar-refractivity contribution in [1.82, 2.24) is 4.90 Å². The van der Waals surface area contributed by atoms with Gasteiger partial charge in [0.1, 0.15) is 0 Å². The Morgan fingerprint density at radius 3 is 1.42 bits per heavy atom. The van der Waals surface area contributed by atoms with E-state index in [2.05, 4.69) is 31.0 Å². The topological polar surface area (TPSA) is 94.9 Å². The molecule has 5 nitrogen and oxygen atoms in total. The summed E-state index contributed by atoms with van der Waals surface area (Å²) in [5.41, 5.74) is 4.34. The van der Waals surface area contributed by atoms with Gasteiger partial charge in [0, 0.05) is 14.1 Å². The smallest absolute Gasteiger partial charge is 1.00 e. The molecule has 0 aromatic heterocycles. The summed E-state index contributed by atoms with van der Waals surface area (Å²) in [6.07, 6.45) is 0. The largest absolute Gasteiger partial charge is 1.00 e. The summed E-state index contributed by atoms with van der Waals surface area (Å²) in [6.45, 7) is 0. The first-order chi connectivity index (χ1) is 4.37. The maximum atomic E-state index is 9.93. The number of nitrogens with zero attached hydrogens (tertiary/aromatic N) is 1. The van der Waals surface area contributed by atoms with Gasteiger partial charge in [-0.05, 0) is 0 Å². The van der Waals surface area contributed by atoms with Crippen molar-refractivity contribution in [3.8, 4) is 0 Å². The molecule has 0 spiro atoms. The van der Waals surface area contributed by atoms with E-state index in [-0.39, 0.29) is 41.7 Å². The number of rotatable bonds is 0. The van der Waals surface area contributed by atoms with Crippen molar-refractivity contribution in [2.45, 2.75) is 0 Å². The molecule has 2 amide bonds. The molecular formula is C4H13N2NaO3S2. The van der Waals surface area contributed by atoms with Gasteiger partial charge in [0.05, 0.1) is 0 Å². The molecule has 0 aromatic rings. The van der Waals surface area contributed by atoms with Crippen LogP contribution in [0.15, 0.2) is 0 Å². The van der Waals surface area contributed by atoms with Gasteiger partial charge in [0.25, 0.3) is 10.5 Å². The van der Waals surface area contributed by atoms with E-state index in [1.165, 1.54) is 4.90 Å². The molecule has 0 unspecified atom stereocenters. The third-order valence-corrected chi connectivity index (χ3v) is 0.783. The standard InChI is InChI=1S/C3H7NOS.CH3NOS.Na.H2O.H/c1-4(2)3(5)6;2-1(3)4;;;/h1-2H3,(H,5,6);(H3,2,3,4);;1H2;/q;;+1;;-1. The molecule has 0 saturated carbocycles. The summed E-state index contributed by atoms with van der Waals surface area (Å²) >= 11 is 6.58. The second kappa shape index (κ2) is 14.1. The molecule has 0 aliphatic rings. The fourth-order valence-electron chi connectivity index (χ4n) is 0. The maximum Gasteiger partial charge on any atom is 1.00 e. The quantitative estimate of drug-likeness (QED) is 0.300. The van der Waals surface area contributed by atoms with Gasteiger partial charge in [-0.25, -0.2) is 0 Å². The molecule has 0 aliphatic heterocycles. The van der Waals surface area contributed by atoms with Crippen molar-refractivity contribution in [2.75, 3.05) is 14.1 Å². The Balaban J connectivity index is -0.0000000279. The third kappa shape index (κ3) is 46.2. The van der Waals surface area contributed by atoms with E-state index in [0.717, 1.165) is 0 Å². The van der Waals surface area contributed by atoms with Crippen molar-refractivity contribution < 1.29 is 46.0 Å². The van der Waals surface area contributed by atoms with Crippen LogP contribution in [0.5, 0.6) is 0 Å². The van der Waals surface area contributed by atoms with E-state index in [1.54, 1.807) is 14.1 Å². The molecule has 12 heavy (non-hydrogen) atoms. The van der Waals surface area contributed by atoms with Crippen LogP contribution in [0.1, 0.15) is 1.43 Å². The Morgan fingerprint density at radius 2 is 1.42 bits per heavy atom. The van der Waals surface area contributed by atoms with Crippen molar-refractivity contribution in [3.63, 3.8) is 0 Å². The number of amides is 2. The molecule has 0 atom stereocenters. The average molecular weight is 224 g/mol. The summed E-state index contributed by atoms with van der Waals surface area (Å²) in [6, 6.07) is 0. The van der Waals surface area contributed by atoms with Crippen LogP contribution in [0.3, 0.4) is 0 Å². The summed E-state index contributed by atoms with van der Waals surface area (Å²) in [7, 11) is 3.30. The van der Waals surface area contributed by atoms with Crippen LogP contribution >= 0.6 is 25.3 Å². The summed E-state index contributed by atoms with van der Waals surface area (Å²) in [5, 5.41) is -0.852. The Bertz CT molecular complexity index is 135. The predicted molar refractivity (Wildman–Crippen MR) is 51.4 cm³/mol. The average Bonchev–Trinajstić information content (AvgIpc) is 1.63. The van der Waals surface area contributed by atoms with Crippen LogP contribution in [0.2, 0.25) is 0 Å². The van der Waals surface area contributed by atoms with Crippen molar-refractivity contribution >= 4 is 35.7 Å². The first kappa shape index (κ1) is 22.9. The van der Waals surface area contributed by atoms with E-state index in [9.17, 15) is 4.79 Å². The molecule has 0 rings (SSSR count). The van der Waals surface area contributed by atoms with Gasteiger partial charge in [0.2, 0.25) is 0 Å². The molecule has 0 radical (unpaired) electrons. The number of carbonyl (C=O) groups excluding carboxylic acids is 2. The van der Waals surface area contributed by atoms with Gasteiger partial charge in [-0.3, -0.25) is 9.59 Å². The Hall–Kier alpha value is 0.600. The van der Waals surface area contributed by atoms with Gasteiger partial charge >= 0.3 is 29.6 Å². The normalized spacial score (nSPS) is 6.00. The van der Waals surface area contributed by atoms with Crippen molar-refractivity contribution in [2.24, 2.45) is 5.73 Å². The van der Waals surface area contributed by atoms with E-state index in [0.29, 0.717) is 0 Å². The zero-order chi connectivity index (χ0) is 8.73. The number of thiol groups is 2. The molecular weight excluding hydrogens is 211 g/mol. The zero-order valence-corrected chi connectivity index (χ0v) is 11.0. The van der Waals surface area contributed by atoms with Crippen LogP contribution in [0.25, 0.3) is 0 Å². The summed E-state index contributed by atoms with van der Waals surface area (Å²) < 4.78 is 0. The SMILES string of the molecule is CN(C)C(=O)S.NC(=O)S.O.[H-].[Na+]. The number of carbonyl (C=O) groups is 2. The first-order valence-corrected chi connectivity index (χ1v) is 3.16. The maximum absolute atomic E-state index is 9.93. The molecule has 8 heteroatoms. The molecule has 0 saturated heterocycles. The second-order valence-corrected chi connectivity index (χ2v) is 2.34. The van der Waals surface area contributed by atoms with Crippen LogP contribution in [0, 0.1) is 0 Å². The van der Waals surface area contributed by atoms with Gasteiger partial charge in [-0.2, -0.15) is 0 Å². The minimum Gasteiger partial charge on any atom is -1.00 e. The fourth-order valence-corrected chi connectivity index (χ4v) is 0. The fraction of sp³-hybridized carbons (Fsp3) is 0.500. The number of primary amides is 1. The van der Waals surface area contributed by atoms with E-state index < -0.39 is 5.24 Å². The van der Waals surface area contributed by atoms with Gasteiger partial charge < -0.3 is 17.5 Å². The zero-order valence-electron chi connectivity index (χ0n) is 8.24. The Labute approximate surface area is 106 Å². The number of nitrogens with two attached hydrogens (primary N) is 1. The van der Waals surface area contributed by atoms with Crippen LogP contribution in [-0.4, -0.2) is 34.9 Å². The summed E-state index contributed by atoms with van der Waals surface area (Å²) in [5.74, 6) is 0. The monoisotopic (exact) mass is 224 g/mol. The number of hydrogen-bond acceptors (Lipinski definition) is 2. The van der Waals surface area contributed by atoms with E-state index in [1.807, 2.05) is 0 Å².